The molecule has 0 radical (unpaired) electrons. The molecule has 1 aliphatic heterocycles. The highest BCUT2D eigenvalue weighted by molar-refractivity contribution is 7.15. The fourth-order valence-electron chi connectivity index (χ4n) is 3.11. The van der Waals surface area contributed by atoms with Crippen LogP contribution < -0.4 is 5.32 Å². The van der Waals surface area contributed by atoms with Gasteiger partial charge in [-0.25, -0.2) is 4.98 Å². The van der Waals surface area contributed by atoms with Crippen molar-refractivity contribution in [2.24, 2.45) is 0 Å². The van der Waals surface area contributed by atoms with Crippen LogP contribution in [0.25, 0.3) is 0 Å². The summed E-state index contributed by atoms with van der Waals surface area (Å²) in [6.07, 6.45) is 3.96. The van der Waals surface area contributed by atoms with Crippen LogP contribution in [0.4, 0.5) is 5.13 Å². The average molecular weight is 359 g/mol. The lowest BCUT2D eigenvalue weighted by Gasteiger charge is -2.19. The number of benzene rings is 1. The molecular weight excluding hydrogens is 338 g/mol. The molecule has 2 aromatic rings. The molecule has 25 heavy (non-hydrogen) atoms. The van der Waals surface area contributed by atoms with Gasteiger partial charge in [-0.05, 0) is 31.9 Å². The van der Waals surface area contributed by atoms with Crippen molar-refractivity contribution in [2.45, 2.75) is 32.2 Å². The number of nitrogens with zero attached hydrogens (tertiary/aromatic N) is 2. The molecule has 2 N–H and O–H groups in total. The van der Waals surface area contributed by atoms with Crippen LogP contribution in [0, 0.1) is 6.92 Å². The van der Waals surface area contributed by atoms with Gasteiger partial charge in [-0.1, -0.05) is 29.8 Å². The zero-order valence-electron chi connectivity index (χ0n) is 14.1. The first-order valence-electron chi connectivity index (χ1n) is 8.28. The Morgan fingerprint density at radius 2 is 2.28 bits per heavy atom. The lowest BCUT2D eigenvalue weighted by atomic mass is 10.1. The second-order valence-electron chi connectivity index (χ2n) is 6.31. The molecule has 3 rings (SSSR count). The van der Waals surface area contributed by atoms with E-state index in [0.29, 0.717) is 18.1 Å². The van der Waals surface area contributed by atoms with Gasteiger partial charge >= 0.3 is 5.97 Å². The van der Waals surface area contributed by atoms with Crippen LogP contribution in [0.5, 0.6) is 0 Å². The standard InChI is InChI=1S/C18H21N3O3S/c1-12-4-2-5-13(8-12)9-14-10-19-18(25-14)20-16(22)11-21-7-3-6-15(21)17(23)24/h2,4-5,8,10,15H,3,6-7,9,11H2,1H3,(H,23,24)(H,19,20,22)/t15-/m0/s1. The molecule has 1 amide bonds. The summed E-state index contributed by atoms with van der Waals surface area (Å²) < 4.78 is 0. The van der Waals surface area contributed by atoms with Crippen LogP contribution in [-0.2, 0) is 16.0 Å². The predicted octanol–water partition coefficient (Wildman–Crippen LogP) is 2.53. The number of anilines is 1. The minimum absolute atomic E-state index is 0.0871. The van der Waals surface area contributed by atoms with E-state index in [1.165, 1.54) is 22.5 Å². The van der Waals surface area contributed by atoms with Gasteiger partial charge in [0.05, 0.1) is 6.54 Å². The normalized spacial score (nSPS) is 17.6. The molecule has 1 fully saturated rings. The van der Waals surface area contributed by atoms with Crippen LogP contribution >= 0.6 is 11.3 Å². The van der Waals surface area contributed by atoms with Crippen molar-refractivity contribution in [3.63, 3.8) is 0 Å². The third-order valence-corrected chi connectivity index (χ3v) is 5.17. The Morgan fingerprint density at radius 1 is 1.44 bits per heavy atom. The Balaban J connectivity index is 1.56. The van der Waals surface area contributed by atoms with Crippen molar-refractivity contribution in [3.05, 3.63) is 46.5 Å². The number of aliphatic carboxylic acids is 1. The molecule has 1 aromatic carbocycles. The molecule has 1 aromatic heterocycles. The van der Waals surface area contributed by atoms with Gasteiger partial charge in [0.15, 0.2) is 5.13 Å². The van der Waals surface area contributed by atoms with E-state index in [4.69, 9.17) is 5.11 Å². The maximum atomic E-state index is 12.2. The first kappa shape index (κ1) is 17.6. The van der Waals surface area contributed by atoms with Crippen LogP contribution in [0.1, 0.15) is 28.8 Å². The van der Waals surface area contributed by atoms with E-state index in [1.54, 1.807) is 11.1 Å². The summed E-state index contributed by atoms with van der Waals surface area (Å²) in [5.41, 5.74) is 2.43. The first-order chi connectivity index (χ1) is 12.0. The van der Waals surface area contributed by atoms with Crippen molar-refractivity contribution in [2.75, 3.05) is 18.4 Å². The molecule has 0 bridgehead atoms. The maximum Gasteiger partial charge on any atom is 0.320 e. The van der Waals surface area contributed by atoms with Crippen LogP contribution in [0.15, 0.2) is 30.5 Å². The molecule has 0 aliphatic carbocycles. The number of hydrogen-bond donors (Lipinski definition) is 2. The second-order valence-corrected chi connectivity index (χ2v) is 7.43. The van der Waals surface area contributed by atoms with Crippen LogP contribution in [0.2, 0.25) is 0 Å². The number of carbonyl (C=O) groups is 2. The topological polar surface area (TPSA) is 82.5 Å². The van der Waals surface area contributed by atoms with E-state index in [9.17, 15) is 9.59 Å². The highest BCUT2D eigenvalue weighted by atomic mass is 32.1. The number of aromatic nitrogens is 1. The summed E-state index contributed by atoms with van der Waals surface area (Å²) in [5.74, 6) is -1.08. The molecule has 0 unspecified atom stereocenters. The molecule has 6 nitrogen and oxygen atoms in total. The number of rotatable bonds is 6. The van der Waals surface area contributed by atoms with Crippen LogP contribution in [-0.4, -0.2) is 46.0 Å². The summed E-state index contributed by atoms with van der Waals surface area (Å²) >= 11 is 1.45. The molecule has 132 valence electrons. The van der Waals surface area contributed by atoms with Crippen molar-refractivity contribution < 1.29 is 14.7 Å². The van der Waals surface area contributed by atoms with E-state index >= 15 is 0 Å². The third kappa shape index (κ3) is 4.64. The SMILES string of the molecule is Cc1cccc(Cc2cnc(NC(=O)CN3CCC[C@H]3C(=O)O)s2)c1. The molecule has 7 heteroatoms. The van der Waals surface area contributed by atoms with E-state index in [0.717, 1.165) is 17.7 Å². The smallest absolute Gasteiger partial charge is 0.320 e. The zero-order chi connectivity index (χ0) is 17.8. The van der Waals surface area contributed by atoms with Gasteiger partial charge in [0.25, 0.3) is 0 Å². The van der Waals surface area contributed by atoms with Crippen molar-refractivity contribution >= 4 is 28.3 Å². The largest absolute Gasteiger partial charge is 0.480 e. The molecule has 1 atom stereocenters. The number of aryl methyl sites for hydroxylation is 1. The molecule has 0 spiro atoms. The summed E-state index contributed by atoms with van der Waals surface area (Å²) in [7, 11) is 0. The quantitative estimate of drug-likeness (QED) is 0.828. The van der Waals surface area contributed by atoms with Gasteiger partial charge in [0.2, 0.25) is 5.91 Å². The van der Waals surface area contributed by atoms with Crippen molar-refractivity contribution in [1.82, 2.24) is 9.88 Å². The van der Waals surface area contributed by atoms with E-state index in [1.807, 2.05) is 6.07 Å². The molecule has 1 saturated heterocycles. The lowest BCUT2D eigenvalue weighted by molar-refractivity contribution is -0.142. The number of carbonyl (C=O) groups excluding carboxylic acids is 1. The van der Waals surface area contributed by atoms with Crippen molar-refractivity contribution in [3.8, 4) is 0 Å². The van der Waals surface area contributed by atoms with Gasteiger partial charge in [-0.15, -0.1) is 11.3 Å². The Morgan fingerprint density at radius 3 is 3.04 bits per heavy atom. The summed E-state index contributed by atoms with van der Waals surface area (Å²) in [6, 6.07) is 7.74. The van der Waals surface area contributed by atoms with E-state index < -0.39 is 12.0 Å². The number of likely N-dealkylation sites (tertiary alicyclic amines) is 1. The Labute approximate surface area is 150 Å². The number of nitrogens with one attached hydrogen (secondary N) is 1. The fourth-order valence-corrected chi connectivity index (χ4v) is 3.97. The summed E-state index contributed by atoms with van der Waals surface area (Å²) in [4.78, 5) is 30.4. The maximum absolute atomic E-state index is 12.2. The van der Waals surface area contributed by atoms with E-state index in [-0.39, 0.29) is 12.5 Å². The van der Waals surface area contributed by atoms with Gasteiger partial charge in [-0.2, -0.15) is 0 Å². The second kappa shape index (κ2) is 7.76. The lowest BCUT2D eigenvalue weighted by Crippen LogP contribution is -2.40. The first-order valence-corrected chi connectivity index (χ1v) is 9.10. The summed E-state index contributed by atoms with van der Waals surface area (Å²) in [5, 5.41) is 12.5. The Hall–Kier alpha value is -2.25. The number of hydrogen-bond acceptors (Lipinski definition) is 5. The number of carboxylic acid groups (broad SMARTS) is 1. The summed E-state index contributed by atoms with van der Waals surface area (Å²) in [6.45, 7) is 2.79. The van der Waals surface area contributed by atoms with E-state index in [2.05, 4.69) is 35.4 Å². The average Bonchev–Trinajstić information content (AvgIpc) is 3.17. The monoisotopic (exact) mass is 359 g/mol. The highest BCUT2D eigenvalue weighted by Gasteiger charge is 2.31. The van der Waals surface area contributed by atoms with Crippen molar-refractivity contribution in [1.29, 1.82) is 0 Å². The Bertz CT molecular complexity index is 774. The minimum atomic E-state index is -0.861. The predicted molar refractivity (Wildman–Crippen MR) is 97.0 cm³/mol. The van der Waals surface area contributed by atoms with Gasteiger partial charge in [0, 0.05) is 17.5 Å². The number of thiazole rings is 1. The van der Waals surface area contributed by atoms with Gasteiger partial charge < -0.3 is 10.4 Å². The molecule has 1 aliphatic rings. The van der Waals surface area contributed by atoms with Gasteiger partial charge in [-0.3, -0.25) is 14.5 Å². The number of amides is 1. The third-order valence-electron chi connectivity index (χ3n) is 4.26. The molecule has 2 heterocycles. The zero-order valence-corrected chi connectivity index (χ0v) is 14.9. The molecule has 0 saturated carbocycles. The fraction of sp³-hybridized carbons (Fsp3) is 0.389. The van der Waals surface area contributed by atoms with Gasteiger partial charge in [0.1, 0.15) is 6.04 Å². The minimum Gasteiger partial charge on any atom is -0.480 e. The highest BCUT2D eigenvalue weighted by Crippen LogP contribution is 2.22. The number of carboxylic acids is 1. The van der Waals surface area contributed by atoms with Crippen LogP contribution in [0.3, 0.4) is 0 Å². The molecular formula is C18H21N3O3S. The Kier molecular flexibility index (Phi) is 5.45.